The average Bonchev–Trinajstić information content (AvgIpc) is 2.38. The Bertz CT molecular complexity index is 571. The smallest absolute Gasteiger partial charge is 0.150 e. The number of benzene rings is 2. The van der Waals surface area contributed by atoms with E-state index in [9.17, 15) is 13.6 Å². The van der Waals surface area contributed by atoms with E-state index in [0.717, 1.165) is 12.1 Å². The zero-order chi connectivity index (χ0) is 13.1. The molecule has 0 radical (unpaired) electrons. The Labute approximate surface area is 103 Å². The molecule has 0 unspecified atom stereocenters. The van der Waals surface area contributed by atoms with E-state index >= 15 is 0 Å². The first-order valence-electron chi connectivity index (χ1n) is 5.24. The largest absolute Gasteiger partial charge is 0.497 e. The molecular weight excluding hydrogens is 238 g/mol. The minimum Gasteiger partial charge on any atom is -0.497 e. The van der Waals surface area contributed by atoms with Gasteiger partial charge < -0.3 is 4.74 Å². The van der Waals surface area contributed by atoms with E-state index in [1.165, 1.54) is 13.2 Å². The summed E-state index contributed by atoms with van der Waals surface area (Å²) in [4.78, 5) is 10.7. The standard InChI is InChI=1S/C14H10F2O2/c1-18-11-6-12(15)14(13(16)7-11)10-4-2-3-9(5-10)8-17/h2-8H,1H3. The number of hydrogen-bond donors (Lipinski definition) is 0. The summed E-state index contributed by atoms with van der Waals surface area (Å²) in [6.45, 7) is 0. The molecule has 0 fully saturated rings. The third-order valence-corrected chi connectivity index (χ3v) is 2.56. The molecule has 0 aliphatic carbocycles. The van der Waals surface area contributed by atoms with E-state index in [4.69, 9.17) is 4.74 Å². The molecular formula is C14H10F2O2. The summed E-state index contributed by atoms with van der Waals surface area (Å²) in [7, 11) is 1.33. The van der Waals surface area contributed by atoms with Crippen molar-refractivity contribution in [3.05, 3.63) is 53.6 Å². The van der Waals surface area contributed by atoms with E-state index in [-0.39, 0.29) is 11.3 Å². The molecule has 0 spiro atoms. The Hall–Kier alpha value is -2.23. The van der Waals surface area contributed by atoms with Crippen LogP contribution >= 0.6 is 0 Å². The van der Waals surface area contributed by atoms with Gasteiger partial charge in [-0.25, -0.2) is 8.78 Å². The normalized spacial score (nSPS) is 10.2. The van der Waals surface area contributed by atoms with Gasteiger partial charge in [-0.2, -0.15) is 0 Å². The van der Waals surface area contributed by atoms with E-state index in [2.05, 4.69) is 0 Å². The zero-order valence-electron chi connectivity index (χ0n) is 9.61. The second kappa shape index (κ2) is 4.96. The van der Waals surface area contributed by atoms with Gasteiger partial charge in [-0.1, -0.05) is 18.2 Å². The average molecular weight is 248 g/mol. The highest BCUT2D eigenvalue weighted by molar-refractivity contribution is 5.79. The number of hydrogen-bond acceptors (Lipinski definition) is 2. The Balaban J connectivity index is 2.59. The summed E-state index contributed by atoms with van der Waals surface area (Å²) in [5.41, 5.74) is 0.513. The van der Waals surface area contributed by atoms with Gasteiger partial charge in [0.15, 0.2) is 0 Å². The van der Waals surface area contributed by atoms with Crippen molar-refractivity contribution >= 4 is 6.29 Å². The second-order valence-corrected chi connectivity index (χ2v) is 3.71. The Morgan fingerprint density at radius 2 is 1.78 bits per heavy atom. The van der Waals surface area contributed by atoms with Gasteiger partial charge in [0.25, 0.3) is 0 Å². The van der Waals surface area contributed by atoms with Crippen molar-refractivity contribution in [1.29, 1.82) is 0 Å². The summed E-state index contributed by atoms with van der Waals surface area (Å²) in [5.74, 6) is -1.34. The lowest BCUT2D eigenvalue weighted by Gasteiger charge is -2.08. The van der Waals surface area contributed by atoms with Gasteiger partial charge in [0.1, 0.15) is 23.7 Å². The van der Waals surface area contributed by atoms with Crippen molar-refractivity contribution in [3.8, 4) is 16.9 Å². The fourth-order valence-corrected chi connectivity index (χ4v) is 1.71. The van der Waals surface area contributed by atoms with Crippen LogP contribution in [-0.2, 0) is 0 Å². The van der Waals surface area contributed by atoms with Crippen molar-refractivity contribution in [3.63, 3.8) is 0 Å². The molecule has 0 N–H and O–H groups in total. The van der Waals surface area contributed by atoms with Crippen molar-refractivity contribution in [1.82, 2.24) is 0 Å². The van der Waals surface area contributed by atoms with Crippen LogP contribution in [0.1, 0.15) is 10.4 Å². The number of carbonyl (C=O) groups excluding carboxylic acids is 1. The first kappa shape index (κ1) is 12.2. The van der Waals surface area contributed by atoms with Crippen molar-refractivity contribution < 1.29 is 18.3 Å². The number of rotatable bonds is 3. The van der Waals surface area contributed by atoms with Crippen molar-refractivity contribution in [2.24, 2.45) is 0 Å². The molecule has 0 saturated carbocycles. The van der Waals surface area contributed by atoms with E-state index in [0.29, 0.717) is 17.4 Å². The molecule has 92 valence electrons. The van der Waals surface area contributed by atoms with E-state index < -0.39 is 11.6 Å². The van der Waals surface area contributed by atoms with Crippen LogP contribution in [0.3, 0.4) is 0 Å². The first-order valence-corrected chi connectivity index (χ1v) is 5.24. The minimum atomic E-state index is -0.727. The maximum absolute atomic E-state index is 13.8. The molecule has 2 aromatic carbocycles. The van der Waals surface area contributed by atoms with Crippen LogP contribution < -0.4 is 4.74 Å². The summed E-state index contributed by atoms with van der Waals surface area (Å²) >= 11 is 0. The van der Waals surface area contributed by atoms with Crippen LogP contribution in [0.15, 0.2) is 36.4 Å². The van der Waals surface area contributed by atoms with Crippen LogP contribution in [0.4, 0.5) is 8.78 Å². The molecule has 0 aliphatic rings. The highest BCUT2D eigenvalue weighted by Gasteiger charge is 2.13. The van der Waals surface area contributed by atoms with E-state index in [1.54, 1.807) is 18.2 Å². The molecule has 0 saturated heterocycles. The molecule has 2 rings (SSSR count). The fraction of sp³-hybridized carbons (Fsp3) is 0.0714. The predicted molar refractivity (Wildman–Crippen MR) is 63.7 cm³/mol. The SMILES string of the molecule is COc1cc(F)c(-c2cccc(C=O)c2)c(F)c1. The van der Waals surface area contributed by atoms with Crippen LogP contribution in [-0.4, -0.2) is 13.4 Å². The summed E-state index contributed by atoms with van der Waals surface area (Å²) in [6.07, 6.45) is 0.628. The third kappa shape index (κ3) is 2.22. The Morgan fingerprint density at radius 3 is 2.33 bits per heavy atom. The molecule has 0 amide bonds. The van der Waals surface area contributed by atoms with Crippen molar-refractivity contribution in [2.45, 2.75) is 0 Å². The summed E-state index contributed by atoms with van der Waals surface area (Å²) < 4.78 is 32.4. The van der Waals surface area contributed by atoms with Gasteiger partial charge in [0.2, 0.25) is 0 Å². The maximum Gasteiger partial charge on any atom is 0.150 e. The zero-order valence-corrected chi connectivity index (χ0v) is 9.61. The van der Waals surface area contributed by atoms with Crippen LogP contribution in [0.2, 0.25) is 0 Å². The van der Waals surface area contributed by atoms with Crippen LogP contribution in [0.25, 0.3) is 11.1 Å². The maximum atomic E-state index is 13.8. The fourth-order valence-electron chi connectivity index (χ4n) is 1.71. The lowest BCUT2D eigenvalue weighted by Crippen LogP contribution is -1.94. The molecule has 0 aromatic heterocycles. The van der Waals surface area contributed by atoms with Crippen LogP contribution in [0.5, 0.6) is 5.75 Å². The van der Waals surface area contributed by atoms with E-state index in [1.807, 2.05) is 0 Å². The van der Waals surface area contributed by atoms with Gasteiger partial charge in [0.05, 0.1) is 12.7 Å². The van der Waals surface area contributed by atoms with Crippen molar-refractivity contribution in [2.75, 3.05) is 7.11 Å². The number of ether oxygens (including phenoxy) is 1. The molecule has 2 nitrogen and oxygen atoms in total. The van der Waals surface area contributed by atoms with Crippen LogP contribution in [0, 0.1) is 11.6 Å². The lowest BCUT2D eigenvalue weighted by molar-refractivity contribution is 0.112. The van der Waals surface area contributed by atoms with Gasteiger partial charge in [0, 0.05) is 17.7 Å². The predicted octanol–water partition coefficient (Wildman–Crippen LogP) is 3.45. The Morgan fingerprint density at radius 1 is 1.11 bits per heavy atom. The molecule has 0 bridgehead atoms. The van der Waals surface area contributed by atoms with Gasteiger partial charge in [-0.15, -0.1) is 0 Å². The minimum absolute atomic E-state index is 0.111. The summed E-state index contributed by atoms with van der Waals surface area (Å²) in [5, 5.41) is 0. The van der Waals surface area contributed by atoms with Gasteiger partial charge in [-0.3, -0.25) is 4.79 Å². The highest BCUT2D eigenvalue weighted by atomic mass is 19.1. The molecule has 18 heavy (non-hydrogen) atoms. The molecule has 0 aliphatic heterocycles. The highest BCUT2D eigenvalue weighted by Crippen LogP contribution is 2.29. The molecule has 0 atom stereocenters. The molecule has 2 aromatic rings. The number of methoxy groups -OCH3 is 1. The third-order valence-electron chi connectivity index (χ3n) is 2.56. The lowest BCUT2D eigenvalue weighted by atomic mass is 10.0. The summed E-state index contributed by atoms with van der Waals surface area (Å²) in [6, 6.07) is 8.32. The monoisotopic (exact) mass is 248 g/mol. The number of halogens is 2. The molecule has 4 heteroatoms. The first-order chi connectivity index (χ1) is 8.65. The quantitative estimate of drug-likeness (QED) is 0.777. The van der Waals surface area contributed by atoms with Gasteiger partial charge >= 0.3 is 0 Å². The van der Waals surface area contributed by atoms with Gasteiger partial charge in [-0.05, 0) is 11.6 Å². The Kier molecular flexibility index (Phi) is 3.37. The topological polar surface area (TPSA) is 26.3 Å². The molecule has 0 heterocycles. The number of carbonyl (C=O) groups is 1. The second-order valence-electron chi connectivity index (χ2n) is 3.71. The number of aldehydes is 1.